The van der Waals surface area contributed by atoms with Crippen molar-refractivity contribution < 1.29 is 13.9 Å². The summed E-state index contributed by atoms with van der Waals surface area (Å²) >= 11 is 7.50. The van der Waals surface area contributed by atoms with Gasteiger partial charge in [0.1, 0.15) is 10.8 Å². The number of rotatable bonds is 4. The van der Waals surface area contributed by atoms with Gasteiger partial charge in [0.15, 0.2) is 10.8 Å². The summed E-state index contributed by atoms with van der Waals surface area (Å²) < 4.78 is 18.9. The summed E-state index contributed by atoms with van der Waals surface area (Å²) in [5, 5.41) is 2.41. The average Bonchev–Trinajstić information content (AvgIpc) is 3.11. The Labute approximate surface area is 147 Å². The molecule has 3 rings (SSSR count). The molecule has 8 heteroatoms. The van der Waals surface area contributed by atoms with E-state index in [1.165, 1.54) is 17.4 Å². The van der Waals surface area contributed by atoms with Crippen LogP contribution in [0, 0.1) is 5.82 Å². The van der Waals surface area contributed by atoms with Crippen LogP contribution in [0.15, 0.2) is 46.5 Å². The first-order valence-electron chi connectivity index (χ1n) is 7.17. The number of hydrogen-bond acceptors (Lipinski definition) is 6. The minimum atomic E-state index is -0.552. The molecule has 0 atom stereocenters. The van der Waals surface area contributed by atoms with Gasteiger partial charge in [-0.15, -0.1) is 11.3 Å². The van der Waals surface area contributed by atoms with E-state index in [0.29, 0.717) is 22.1 Å². The van der Waals surface area contributed by atoms with E-state index in [1.54, 1.807) is 36.4 Å². The van der Waals surface area contributed by atoms with Crippen LogP contribution in [0.2, 0.25) is 5.02 Å². The van der Waals surface area contributed by atoms with Crippen LogP contribution in [-0.4, -0.2) is 29.9 Å². The fourth-order valence-electron chi connectivity index (χ4n) is 2.20. The molecule has 124 valence electrons. The van der Waals surface area contributed by atoms with Crippen molar-refractivity contribution >= 4 is 40.4 Å². The smallest absolute Gasteiger partial charge is 0.337 e. The van der Waals surface area contributed by atoms with E-state index < -0.39 is 11.8 Å². The largest absolute Gasteiger partial charge is 0.463 e. The summed E-state index contributed by atoms with van der Waals surface area (Å²) in [6, 6.07) is 4.47. The fraction of sp³-hybridized carbons (Fsp3) is 0.188. The predicted octanol–water partition coefficient (Wildman–Crippen LogP) is 3.65. The van der Waals surface area contributed by atoms with Gasteiger partial charge in [-0.05, 0) is 19.1 Å². The van der Waals surface area contributed by atoms with E-state index in [1.807, 2.05) is 5.38 Å². The molecule has 5 nitrogen and oxygen atoms in total. The SMILES string of the molecule is CCOC(=O)C1=CN(c2cccc(F)c2Cl)C(c2nccs2)=NC1. The Balaban J connectivity index is 2.06. The number of aromatic nitrogens is 1. The Hall–Kier alpha value is -2.25. The molecule has 0 radical (unpaired) electrons. The van der Waals surface area contributed by atoms with Crippen molar-refractivity contribution in [3.05, 3.63) is 57.4 Å². The number of nitrogens with zero attached hydrogens (tertiary/aromatic N) is 3. The van der Waals surface area contributed by atoms with Gasteiger partial charge in [-0.3, -0.25) is 9.89 Å². The van der Waals surface area contributed by atoms with Gasteiger partial charge < -0.3 is 4.74 Å². The van der Waals surface area contributed by atoms with E-state index in [2.05, 4.69) is 9.98 Å². The third-order valence-corrected chi connectivity index (χ3v) is 4.41. The van der Waals surface area contributed by atoms with Gasteiger partial charge in [-0.2, -0.15) is 0 Å². The van der Waals surface area contributed by atoms with Gasteiger partial charge in [0.25, 0.3) is 0 Å². The van der Waals surface area contributed by atoms with Crippen LogP contribution in [0.4, 0.5) is 10.1 Å². The summed E-state index contributed by atoms with van der Waals surface area (Å²) in [7, 11) is 0. The third kappa shape index (κ3) is 3.18. The van der Waals surface area contributed by atoms with Crippen LogP contribution in [0.1, 0.15) is 11.9 Å². The van der Waals surface area contributed by atoms with Crippen LogP contribution in [-0.2, 0) is 9.53 Å². The van der Waals surface area contributed by atoms with Crippen molar-refractivity contribution in [2.24, 2.45) is 4.99 Å². The van der Waals surface area contributed by atoms with E-state index in [-0.39, 0.29) is 18.2 Å². The second-order valence-electron chi connectivity index (χ2n) is 4.79. The minimum absolute atomic E-state index is 0.0527. The van der Waals surface area contributed by atoms with Gasteiger partial charge in [0, 0.05) is 17.8 Å². The Morgan fingerprint density at radius 3 is 3.04 bits per heavy atom. The number of carbonyl (C=O) groups is 1. The molecule has 1 aromatic heterocycles. The van der Waals surface area contributed by atoms with Crippen molar-refractivity contribution in [3.8, 4) is 0 Å². The first-order valence-corrected chi connectivity index (χ1v) is 8.43. The monoisotopic (exact) mass is 365 g/mol. The third-order valence-electron chi connectivity index (χ3n) is 3.26. The fourth-order valence-corrected chi connectivity index (χ4v) is 3.06. The minimum Gasteiger partial charge on any atom is -0.463 e. The number of carbonyl (C=O) groups excluding carboxylic acids is 1. The molecule has 0 saturated heterocycles. The lowest BCUT2D eigenvalue weighted by Gasteiger charge is -2.26. The Morgan fingerprint density at radius 2 is 2.33 bits per heavy atom. The molecule has 0 saturated carbocycles. The topological polar surface area (TPSA) is 54.8 Å². The van der Waals surface area contributed by atoms with Gasteiger partial charge in [0.05, 0.1) is 24.4 Å². The molecule has 0 amide bonds. The Kier molecular flexibility index (Phi) is 4.92. The number of benzene rings is 1. The molecular weight excluding hydrogens is 353 g/mol. The number of halogens is 2. The number of esters is 1. The van der Waals surface area contributed by atoms with Gasteiger partial charge in [-0.1, -0.05) is 17.7 Å². The predicted molar refractivity (Wildman–Crippen MR) is 92.1 cm³/mol. The zero-order valence-electron chi connectivity index (χ0n) is 12.7. The van der Waals surface area contributed by atoms with E-state index >= 15 is 0 Å². The molecule has 1 aliphatic heterocycles. The van der Waals surface area contributed by atoms with E-state index in [9.17, 15) is 9.18 Å². The lowest BCUT2D eigenvalue weighted by atomic mass is 10.2. The van der Waals surface area contributed by atoms with Crippen molar-refractivity contribution in [1.82, 2.24) is 4.98 Å². The van der Waals surface area contributed by atoms with Crippen molar-refractivity contribution in [3.63, 3.8) is 0 Å². The van der Waals surface area contributed by atoms with Crippen molar-refractivity contribution in [1.29, 1.82) is 0 Å². The second kappa shape index (κ2) is 7.11. The summed E-state index contributed by atoms with van der Waals surface area (Å²) in [5.41, 5.74) is 0.740. The number of hydrogen-bond donors (Lipinski definition) is 0. The lowest BCUT2D eigenvalue weighted by Crippen LogP contribution is -2.32. The number of anilines is 1. The molecule has 2 heterocycles. The Bertz CT molecular complexity index is 821. The lowest BCUT2D eigenvalue weighted by molar-refractivity contribution is -0.138. The Morgan fingerprint density at radius 1 is 1.50 bits per heavy atom. The molecular formula is C16H13ClFN3O2S. The standard InChI is InChI=1S/C16H13ClFN3O2S/c1-2-23-16(22)10-8-20-14(15-19-6-7-24-15)21(9-10)12-5-3-4-11(18)13(12)17/h3-7,9H,2,8H2,1H3. The maximum Gasteiger partial charge on any atom is 0.337 e. The summed E-state index contributed by atoms with van der Waals surface area (Å²) in [6.45, 7) is 2.16. The van der Waals surface area contributed by atoms with Crippen LogP contribution < -0.4 is 4.90 Å². The normalized spacial score (nSPS) is 14.2. The highest BCUT2D eigenvalue weighted by Crippen LogP contribution is 2.32. The molecule has 2 aromatic rings. The molecule has 0 bridgehead atoms. The van der Waals surface area contributed by atoms with E-state index in [0.717, 1.165) is 0 Å². The average molecular weight is 366 g/mol. The molecule has 1 aliphatic rings. The van der Waals surface area contributed by atoms with E-state index in [4.69, 9.17) is 16.3 Å². The molecule has 0 unspecified atom stereocenters. The van der Waals surface area contributed by atoms with Crippen molar-refractivity contribution in [2.45, 2.75) is 6.92 Å². The summed E-state index contributed by atoms with van der Waals surface area (Å²) in [5.74, 6) is -0.508. The summed E-state index contributed by atoms with van der Waals surface area (Å²) in [6.07, 6.45) is 3.22. The highest BCUT2D eigenvalue weighted by Gasteiger charge is 2.26. The molecule has 0 spiro atoms. The maximum atomic E-state index is 13.9. The van der Waals surface area contributed by atoms with Gasteiger partial charge in [-0.25, -0.2) is 14.2 Å². The molecule has 0 aliphatic carbocycles. The molecule has 1 aromatic carbocycles. The molecule has 0 N–H and O–H groups in total. The highest BCUT2D eigenvalue weighted by molar-refractivity contribution is 7.11. The first kappa shape index (κ1) is 16.6. The zero-order chi connectivity index (χ0) is 17.1. The zero-order valence-corrected chi connectivity index (χ0v) is 14.3. The number of ether oxygens (including phenoxy) is 1. The van der Waals surface area contributed by atoms with Gasteiger partial charge >= 0.3 is 5.97 Å². The van der Waals surface area contributed by atoms with Crippen LogP contribution >= 0.6 is 22.9 Å². The highest BCUT2D eigenvalue weighted by atomic mass is 35.5. The first-order chi connectivity index (χ1) is 11.6. The van der Waals surface area contributed by atoms with Crippen LogP contribution in [0.25, 0.3) is 0 Å². The maximum absolute atomic E-state index is 13.9. The summed E-state index contributed by atoms with van der Waals surface area (Å²) in [4.78, 5) is 22.2. The van der Waals surface area contributed by atoms with Crippen LogP contribution in [0.3, 0.4) is 0 Å². The van der Waals surface area contributed by atoms with Gasteiger partial charge in [0.2, 0.25) is 0 Å². The quantitative estimate of drug-likeness (QED) is 0.776. The van der Waals surface area contributed by atoms with Crippen molar-refractivity contribution in [2.75, 3.05) is 18.1 Å². The molecule has 0 fully saturated rings. The number of amidine groups is 1. The number of aliphatic imine (C=N–C) groups is 1. The van der Waals surface area contributed by atoms with Crippen LogP contribution in [0.5, 0.6) is 0 Å². The number of thiazole rings is 1. The molecule has 24 heavy (non-hydrogen) atoms. The second-order valence-corrected chi connectivity index (χ2v) is 6.07.